The zero-order chi connectivity index (χ0) is 29.7. The zero-order valence-corrected chi connectivity index (χ0v) is 23.9. The molecule has 1 saturated carbocycles. The normalized spacial score (nSPS) is 20.5. The molecule has 3 aliphatic rings. The zero-order valence-electron chi connectivity index (χ0n) is 23.9. The third-order valence-corrected chi connectivity index (χ3v) is 8.84. The number of aliphatic hydroxyl groups is 1. The van der Waals surface area contributed by atoms with E-state index in [1.54, 1.807) is 27.1 Å². The van der Waals surface area contributed by atoms with Crippen LogP contribution in [0, 0.1) is 0 Å². The second-order valence-corrected chi connectivity index (χ2v) is 11.6. The fourth-order valence-electron chi connectivity index (χ4n) is 6.22. The molecule has 5 heterocycles. The number of pyridine rings is 2. The van der Waals surface area contributed by atoms with E-state index < -0.39 is 5.60 Å². The lowest BCUT2D eigenvalue weighted by Gasteiger charge is -2.36. The van der Waals surface area contributed by atoms with E-state index in [4.69, 9.17) is 15.7 Å². The molecule has 1 aliphatic carbocycles. The van der Waals surface area contributed by atoms with Crippen LogP contribution in [0.5, 0.6) is 0 Å². The number of nitrogen functional groups attached to an aromatic ring is 1. The number of carbonyl (C=O) groups is 2. The number of piperazine rings is 1. The molecule has 2 aliphatic heterocycles. The monoisotopic (exact) mass is 578 g/mol. The molecule has 0 unspecified atom stereocenters. The fraction of sp³-hybridized carbons (Fsp3) is 0.344. The van der Waals surface area contributed by atoms with E-state index in [1.807, 2.05) is 24.3 Å². The minimum absolute atomic E-state index is 0.125. The van der Waals surface area contributed by atoms with Crippen molar-refractivity contribution in [3.8, 4) is 17.1 Å². The predicted molar refractivity (Wildman–Crippen MR) is 162 cm³/mol. The number of amides is 3. The number of rotatable bonds is 5. The molecule has 0 spiro atoms. The van der Waals surface area contributed by atoms with Crippen molar-refractivity contribution in [3.63, 3.8) is 0 Å². The summed E-state index contributed by atoms with van der Waals surface area (Å²) in [5.41, 5.74) is 10.2. The maximum Gasteiger partial charge on any atom is 0.320 e. The first kappa shape index (κ1) is 27.1. The van der Waals surface area contributed by atoms with Gasteiger partial charge in [0.2, 0.25) is 5.91 Å². The number of aromatic nitrogens is 4. The fourth-order valence-corrected chi connectivity index (χ4v) is 6.22. The summed E-state index contributed by atoms with van der Waals surface area (Å²) in [5.74, 6) is 1.53. The second kappa shape index (κ2) is 10.5. The van der Waals surface area contributed by atoms with Crippen LogP contribution < -0.4 is 5.73 Å². The van der Waals surface area contributed by atoms with Crippen LogP contribution in [0.2, 0.25) is 0 Å². The maximum atomic E-state index is 13.3. The minimum atomic E-state index is -1.26. The third-order valence-electron chi connectivity index (χ3n) is 8.84. The molecular formula is C32H34N8O3. The number of likely N-dealkylation sites (tertiary alicyclic amines) is 1. The van der Waals surface area contributed by atoms with Crippen LogP contribution in [0.15, 0.2) is 67.5 Å². The molecule has 43 heavy (non-hydrogen) atoms. The van der Waals surface area contributed by atoms with Gasteiger partial charge in [0.05, 0.1) is 40.7 Å². The topological polar surface area (TPSA) is 134 Å². The number of hydrogen-bond donors (Lipinski definition) is 2. The Kier molecular flexibility index (Phi) is 6.61. The Morgan fingerprint density at radius 1 is 1.00 bits per heavy atom. The lowest BCUT2D eigenvalue weighted by Crippen LogP contribution is -2.53. The van der Waals surface area contributed by atoms with Gasteiger partial charge in [-0.25, -0.2) is 14.8 Å². The molecule has 3 aromatic heterocycles. The summed E-state index contributed by atoms with van der Waals surface area (Å²) in [6.45, 7) is 5.95. The summed E-state index contributed by atoms with van der Waals surface area (Å²) in [6, 6.07) is 13.8. The third kappa shape index (κ3) is 4.89. The lowest BCUT2D eigenvalue weighted by molar-refractivity contribution is -0.127. The van der Waals surface area contributed by atoms with Gasteiger partial charge in [-0.2, -0.15) is 0 Å². The number of hydrogen-bond acceptors (Lipinski definition) is 7. The molecule has 7 rings (SSSR count). The highest BCUT2D eigenvalue weighted by molar-refractivity contribution is 5.87. The van der Waals surface area contributed by atoms with Crippen molar-refractivity contribution < 1.29 is 14.7 Å². The van der Waals surface area contributed by atoms with Crippen LogP contribution >= 0.6 is 0 Å². The van der Waals surface area contributed by atoms with Gasteiger partial charge in [0.25, 0.3) is 0 Å². The summed E-state index contributed by atoms with van der Waals surface area (Å²) in [6.07, 6.45) is 7.48. The molecule has 11 nitrogen and oxygen atoms in total. The van der Waals surface area contributed by atoms with E-state index >= 15 is 0 Å². The molecule has 220 valence electrons. The Morgan fingerprint density at radius 3 is 2.49 bits per heavy atom. The van der Waals surface area contributed by atoms with Crippen LogP contribution in [0.1, 0.15) is 36.4 Å². The lowest BCUT2D eigenvalue weighted by atomic mass is 9.98. The average Bonchev–Trinajstić information content (AvgIpc) is 3.71. The SMILES string of the molecule is C=CC(=O)N1CCN(C(=O)N2CC[C@@](O)(c3ccc(-n4c(-c5cccnc5N)nc5ccc(C6CC6)cc54)cn3)C2)CC1. The molecule has 0 radical (unpaired) electrons. The van der Waals surface area contributed by atoms with Crippen molar-refractivity contribution in [3.05, 3.63) is 78.8 Å². The summed E-state index contributed by atoms with van der Waals surface area (Å²) < 4.78 is 2.05. The maximum absolute atomic E-state index is 13.3. The van der Waals surface area contributed by atoms with Crippen molar-refractivity contribution in [1.29, 1.82) is 0 Å². The Labute approximate surface area is 249 Å². The molecule has 1 aromatic carbocycles. The van der Waals surface area contributed by atoms with Crippen molar-refractivity contribution in [1.82, 2.24) is 34.2 Å². The Hall–Kier alpha value is -4.77. The number of imidazole rings is 1. The van der Waals surface area contributed by atoms with Gasteiger partial charge in [0.1, 0.15) is 17.2 Å². The van der Waals surface area contributed by atoms with E-state index in [1.165, 1.54) is 24.5 Å². The highest BCUT2D eigenvalue weighted by Crippen LogP contribution is 2.42. The smallest absolute Gasteiger partial charge is 0.320 e. The minimum Gasteiger partial charge on any atom is -0.383 e. The van der Waals surface area contributed by atoms with Gasteiger partial charge in [-0.3, -0.25) is 14.3 Å². The van der Waals surface area contributed by atoms with Crippen LogP contribution in [-0.2, 0) is 10.4 Å². The van der Waals surface area contributed by atoms with Gasteiger partial charge in [-0.1, -0.05) is 12.6 Å². The molecular weight excluding hydrogens is 544 g/mol. The Balaban J connectivity index is 1.15. The summed E-state index contributed by atoms with van der Waals surface area (Å²) >= 11 is 0. The predicted octanol–water partition coefficient (Wildman–Crippen LogP) is 3.29. The highest BCUT2D eigenvalue weighted by atomic mass is 16.3. The molecule has 4 aromatic rings. The Bertz CT molecular complexity index is 1720. The quantitative estimate of drug-likeness (QED) is 0.347. The number of benzene rings is 1. The second-order valence-electron chi connectivity index (χ2n) is 11.6. The molecule has 11 heteroatoms. The number of anilines is 1. The first-order valence-corrected chi connectivity index (χ1v) is 14.7. The standard InChI is InChI=1S/C32H34N8O3/c1-2-28(41)37-14-16-38(17-15-37)31(42)39-13-11-32(43,20-39)27-10-8-23(19-35-27)40-26-18-22(21-5-6-21)7-9-25(26)36-30(40)24-4-3-12-34-29(24)33/h2-4,7-10,12,18-19,21,43H,1,5-6,11,13-17,20H2,(H2,33,34)/t32-/m0/s1. The van der Waals surface area contributed by atoms with Gasteiger partial charge in [0.15, 0.2) is 0 Å². The number of β-amino-alcohol motifs (C(OH)–C–C–N with tert-alkyl or cyclic N) is 1. The van der Waals surface area contributed by atoms with E-state index in [0.717, 1.165) is 22.3 Å². The van der Waals surface area contributed by atoms with Crippen LogP contribution in [0.4, 0.5) is 10.6 Å². The molecule has 0 bridgehead atoms. The largest absolute Gasteiger partial charge is 0.383 e. The first-order chi connectivity index (χ1) is 20.8. The van der Waals surface area contributed by atoms with Crippen molar-refractivity contribution in [2.24, 2.45) is 0 Å². The van der Waals surface area contributed by atoms with Crippen molar-refractivity contribution in [2.75, 3.05) is 45.0 Å². The summed E-state index contributed by atoms with van der Waals surface area (Å²) in [7, 11) is 0. The van der Waals surface area contributed by atoms with Crippen molar-refractivity contribution >= 4 is 28.8 Å². The number of nitrogens with two attached hydrogens (primary N) is 1. The van der Waals surface area contributed by atoms with Gasteiger partial charge >= 0.3 is 6.03 Å². The van der Waals surface area contributed by atoms with Gasteiger partial charge in [-0.05, 0) is 66.8 Å². The summed E-state index contributed by atoms with van der Waals surface area (Å²) in [4.78, 5) is 44.2. The number of fused-ring (bicyclic) bond motifs is 1. The molecule has 3 fully saturated rings. The van der Waals surface area contributed by atoms with Crippen molar-refractivity contribution in [2.45, 2.75) is 30.8 Å². The molecule has 2 saturated heterocycles. The molecule has 3 N–H and O–H groups in total. The first-order valence-electron chi connectivity index (χ1n) is 14.7. The molecule has 1 atom stereocenters. The van der Waals surface area contributed by atoms with Crippen LogP contribution in [-0.4, -0.2) is 90.5 Å². The summed E-state index contributed by atoms with van der Waals surface area (Å²) in [5, 5.41) is 11.6. The van der Waals surface area contributed by atoms with E-state index in [9.17, 15) is 14.7 Å². The van der Waals surface area contributed by atoms with E-state index in [0.29, 0.717) is 62.4 Å². The number of nitrogens with zero attached hydrogens (tertiary/aromatic N) is 7. The average molecular weight is 579 g/mol. The van der Waals surface area contributed by atoms with E-state index in [-0.39, 0.29) is 18.5 Å². The van der Waals surface area contributed by atoms with Gasteiger partial charge < -0.3 is 25.5 Å². The van der Waals surface area contributed by atoms with E-state index in [2.05, 4.69) is 34.3 Å². The van der Waals surface area contributed by atoms with Crippen LogP contribution in [0.3, 0.4) is 0 Å². The van der Waals surface area contributed by atoms with Crippen LogP contribution in [0.25, 0.3) is 28.1 Å². The Morgan fingerprint density at radius 2 is 1.79 bits per heavy atom. The number of urea groups is 1. The highest BCUT2D eigenvalue weighted by Gasteiger charge is 2.42. The molecule has 3 amide bonds. The number of carbonyl (C=O) groups excluding carboxylic acids is 2. The van der Waals surface area contributed by atoms with Gasteiger partial charge in [-0.15, -0.1) is 0 Å². The van der Waals surface area contributed by atoms with Gasteiger partial charge in [0, 0.05) is 45.3 Å².